The summed E-state index contributed by atoms with van der Waals surface area (Å²) in [6, 6.07) is 14.4. The summed E-state index contributed by atoms with van der Waals surface area (Å²) in [5, 5.41) is 0. The van der Waals surface area contributed by atoms with Crippen LogP contribution in [0.3, 0.4) is 0 Å². The van der Waals surface area contributed by atoms with Crippen molar-refractivity contribution in [2.24, 2.45) is 5.73 Å². The van der Waals surface area contributed by atoms with Gasteiger partial charge in [-0.15, -0.1) is 0 Å². The average Bonchev–Trinajstić information content (AvgIpc) is 2.38. The molecule has 0 aromatic heterocycles. The topological polar surface area (TPSA) is 35.2 Å². The minimum atomic E-state index is -0.456. The standard InChI is InChI=1S/C17H20FNO/c1-17(19,11-13-6-5-8-15(18)10-13)12-14-7-3-4-9-16(14)20-2/h3-10H,11-12,19H2,1-2H3. The highest BCUT2D eigenvalue weighted by Gasteiger charge is 2.21. The molecule has 0 bridgehead atoms. The second-order valence-corrected chi connectivity index (χ2v) is 5.45. The highest BCUT2D eigenvalue weighted by atomic mass is 19.1. The first-order valence-electron chi connectivity index (χ1n) is 6.65. The van der Waals surface area contributed by atoms with Gasteiger partial charge in [-0.1, -0.05) is 30.3 Å². The Hall–Kier alpha value is -1.87. The van der Waals surface area contributed by atoms with Crippen LogP contribution in [0.15, 0.2) is 48.5 Å². The van der Waals surface area contributed by atoms with E-state index in [4.69, 9.17) is 10.5 Å². The van der Waals surface area contributed by atoms with Crippen molar-refractivity contribution in [3.05, 3.63) is 65.5 Å². The van der Waals surface area contributed by atoms with Gasteiger partial charge in [0, 0.05) is 5.54 Å². The molecular weight excluding hydrogens is 253 g/mol. The van der Waals surface area contributed by atoms with Crippen molar-refractivity contribution in [3.63, 3.8) is 0 Å². The monoisotopic (exact) mass is 273 g/mol. The number of hydrogen-bond donors (Lipinski definition) is 1. The maximum atomic E-state index is 13.2. The molecule has 0 heterocycles. The second kappa shape index (κ2) is 6.06. The fraction of sp³-hybridized carbons (Fsp3) is 0.294. The zero-order valence-electron chi connectivity index (χ0n) is 11.9. The molecule has 2 rings (SSSR count). The largest absolute Gasteiger partial charge is 0.496 e. The molecule has 2 N–H and O–H groups in total. The number of rotatable bonds is 5. The number of nitrogens with two attached hydrogens (primary N) is 1. The summed E-state index contributed by atoms with van der Waals surface area (Å²) in [4.78, 5) is 0. The van der Waals surface area contributed by atoms with Crippen molar-refractivity contribution in [2.75, 3.05) is 7.11 Å². The maximum Gasteiger partial charge on any atom is 0.123 e. The SMILES string of the molecule is COc1ccccc1CC(C)(N)Cc1cccc(F)c1. The Morgan fingerprint density at radius 1 is 1.10 bits per heavy atom. The highest BCUT2D eigenvalue weighted by molar-refractivity contribution is 5.35. The molecule has 0 aliphatic rings. The minimum absolute atomic E-state index is 0.226. The lowest BCUT2D eigenvalue weighted by molar-refractivity contribution is 0.396. The molecule has 106 valence electrons. The van der Waals surface area contributed by atoms with E-state index in [1.165, 1.54) is 12.1 Å². The molecule has 0 saturated heterocycles. The third-order valence-electron chi connectivity index (χ3n) is 3.28. The third-order valence-corrected chi connectivity index (χ3v) is 3.28. The van der Waals surface area contributed by atoms with Crippen LogP contribution in [0.4, 0.5) is 4.39 Å². The summed E-state index contributed by atoms with van der Waals surface area (Å²) < 4.78 is 18.6. The van der Waals surface area contributed by atoms with Gasteiger partial charge >= 0.3 is 0 Å². The van der Waals surface area contributed by atoms with Crippen LogP contribution in [0.1, 0.15) is 18.1 Å². The molecule has 2 aromatic rings. The molecule has 0 aliphatic heterocycles. The van der Waals surface area contributed by atoms with Crippen LogP contribution in [-0.4, -0.2) is 12.6 Å². The van der Waals surface area contributed by atoms with Crippen LogP contribution in [0.5, 0.6) is 5.75 Å². The summed E-state index contributed by atoms with van der Waals surface area (Å²) in [6.07, 6.45) is 1.29. The van der Waals surface area contributed by atoms with Gasteiger partial charge in [0.05, 0.1) is 7.11 Å². The Morgan fingerprint density at radius 2 is 1.85 bits per heavy atom. The molecule has 0 radical (unpaired) electrons. The van der Waals surface area contributed by atoms with E-state index >= 15 is 0 Å². The lowest BCUT2D eigenvalue weighted by atomic mass is 9.87. The summed E-state index contributed by atoms with van der Waals surface area (Å²) in [7, 11) is 1.65. The van der Waals surface area contributed by atoms with Crippen molar-refractivity contribution in [3.8, 4) is 5.75 Å². The van der Waals surface area contributed by atoms with Crippen LogP contribution in [0.2, 0.25) is 0 Å². The van der Waals surface area contributed by atoms with E-state index in [0.29, 0.717) is 12.8 Å². The molecule has 0 spiro atoms. The van der Waals surface area contributed by atoms with Crippen molar-refractivity contribution in [1.29, 1.82) is 0 Å². The van der Waals surface area contributed by atoms with E-state index in [-0.39, 0.29) is 5.82 Å². The van der Waals surface area contributed by atoms with Crippen molar-refractivity contribution >= 4 is 0 Å². The average molecular weight is 273 g/mol. The molecule has 1 unspecified atom stereocenters. The Bertz CT molecular complexity index is 581. The molecule has 0 aliphatic carbocycles. The quantitative estimate of drug-likeness (QED) is 0.907. The number of halogens is 1. The van der Waals surface area contributed by atoms with E-state index in [0.717, 1.165) is 16.9 Å². The molecular formula is C17H20FNO. The first-order chi connectivity index (χ1) is 9.50. The Balaban J connectivity index is 2.14. The Kier molecular flexibility index (Phi) is 4.40. The van der Waals surface area contributed by atoms with Crippen LogP contribution < -0.4 is 10.5 Å². The zero-order chi connectivity index (χ0) is 14.6. The Labute approximate surface area is 119 Å². The normalized spacial score (nSPS) is 13.8. The number of benzene rings is 2. The summed E-state index contributed by atoms with van der Waals surface area (Å²) >= 11 is 0. The number of para-hydroxylation sites is 1. The molecule has 20 heavy (non-hydrogen) atoms. The number of hydrogen-bond acceptors (Lipinski definition) is 2. The first kappa shape index (κ1) is 14.5. The highest BCUT2D eigenvalue weighted by Crippen LogP contribution is 2.24. The van der Waals surface area contributed by atoms with Gasteiger partial charge in [0.2, 0.25) is 0 Å². The lowest BCUT2D eigenvalue weighted by Crippen LogP contribution is -2.41. The molecule has 2 aromatic carbocycles. The van der Waals surface area contributed by atoms with Crippen molar-refractivity contribution in [2.45, 2.75) is 25.3 Å². The summed E-state index contributed by atoms with van der Waals surface area (Å²) in [5.41, 5.74) is 7.89. The van der Waals surface area contributed by atoms with E-state index in [1.54, 1.807) is 13.2 Å². The minimum Gasteiger partial charge on any atom is -0.496 e. The van der Waals surface area contributed by atoms with Gasteiger partial charge in [0.25, 0.3) is 0 Å². The second-order valence-electron chi connectivity index (χ2n) is 5.45. The molecule has 0 saturated carbocycles. The summed E-state index contributed by atoms with van der Waals surface area (Å²) in [6.45, 7) is 1.98. The third kappa shape index (κ3) is 3.81. The first-order valence-corrected chi connectivity index (χ1v) is 6.65. The van der Waals surface area contributed by atoms with Gasteiger partial charge in [0.15, 0.2) is 0 Å². The molecule has 2 nitrogen and oxygen atoms in total. The lowest BCUT2D eigenvalue weighted by Gasteiger charge is -2.26. The fourth-order valence-electron chi connectivity index (χ4n) is 2.46. The van der Waals surface area contributed by atoms with Gasteiger partial charge in [-0.2, -0.15) is 0 Å². The zero-order valence-corrected chi connectivity index (χ0v) is 11.9. The van der Waals surface area contributed by atoms with E-state index < -0.39 is 5.54 Å². The van der Waals surface area contributed by atoms with Crippen molar-refractivity contribution < 1.29 is 9.13 Å². The molecule has 0 amide bonds. The van der Waals surface area contributed by atoms with Gasteiger partial charge in [-0.25, -0.2) is 4.39 Å². The van der Waals surface area contributed by atoms with Crippen LogP contribution >= 0.6 is 0 Å². The summed E-state index contributed by atoms with van der Waals surface area (Å²) in [5.74, 6) is 0.610. The van der Waals surface area contributed by atoms with Gasteiger partial charge in [-0.05, 0) is 49.1 Å². The van der Waals surface area contributed by atoms with Crippen LogP contribution in [0, 0.1) is 5.82 Å². The van der Waals surface area contributed by atoms with Gasteiger partial charge in [-0.3, -0.25) is 0 Å². The smallest absolute Gasteiger partial charge is 0.123 e. The molecule has 3 heteroatoms. The van der Waals surface area contributed by atoms with Gasteiger partial charge < -0.3 is 10.5 Å². The number of methoxy groups -OCH3 is 1. The molecule has 0 fully saturated rings. The van der Waals surface area contributed by atoms with Crippen molar-refractivity contribution in [1.82, 2.24) is 0 Å². The molecule has 1 atom stereocenters. The van der Waals surface area contributed by atoms with Crippen LogP contribution in [0.25, 0.3) is 0 Å². The van der Waals surface area contributed by atoms with E-state index in [1.807, 2.05) is 37.3 Å². The van der Waals surface area contributed by atoms with E-state index in [2.05, 4.69) is 0 Å². The van der Waals surface area contributed by atoms with Gasteiger partial charge in [0.1, 0.15) is 11.6 Å². The fourth-order valence-corrected chi connectivity index (χ4v) is 2.46. The maximum absolute atomic E-state index is 13.2. The van der Waals surface area contributed by atoms with E-state index in [9.17, 15) is 4.39 Å². The van der Waals surface area contributed by atoms with Crippen LogP contribution in [-0.2, 0) is 12.8 Å². The predicted molar refractivity (Wildman–Crippen MR) is 79.4 cm³/mol. The predicted octanol–water partition coefficient (Wildman–Crippen LogP) is 3.34. The number of ether oxygens (including phenoxy) is 1. The Morgan fingerprint density at radius 3 is 2.55 bits per heavy atom.